The summed E-state index contributed by atoms with van der Waals surface area (Å²) in [7, 11) is 0. The van der Waals surface area contributed by atoms with E-state index in [1.807, 2.05) is 6.07 Å². The van der Waals surface area contributed by atoms with E-state index in [0.29, 0.717) is 23.9 Å². The van der Waals surface area contributed by atoms with Crippen LogP contribution in [0.1, 0.15) is 46.8 Å². The number of carboxylic acid groups (broad SMARTS) is 1. The third-order valence-electron chi connectivity index (χ3n) is 8.02. The highest BCUT2D eigenvalue weighted by molar-refractivity contribution is 5.92. The Morgan fingerprint density at radius 2 is 1.92 bits per heavy atom. The van der Waals surface area contributed by atoms with Crippen LogP contribution in [-0.4, -0.2) is 40.7 Å². The van der Waals surface area contributed by atoms with Crippen molar-refractivity contribution in [1.82, 2.24) is 15.3 Å². The van der Waals surface area contributed by atoms with Crippen LogP contribution in [0.25, 0.3) is 21.8 Å². The number of carbonyl (C=O) groups is 1. The van der Waals surface area contributed by atoms with Gasteiger partial charge in [-0.15, -0.1) is 0 Å². The average molecular weight is 523 g/mol. The van der Waals surface area contributed by atoms with Crippen LogP contribution in [0.3, 0.4) is 0 Å². The number of aromatic nitrogens is 2. The zero-order valence-corrected chi connectivity index (χ0v) is 21.8. The molecule has 6 rings (SSSR count). The van der Waals surface area contributed by atoms with E-state index in [-0.39, 0.29) is 23.3 Å². The number of aromatic amines is 1. The molecule has 3 atom stereocenters. The molecule has 1 saturated heterocycles. The zero-order chi connectivity index (χ0) is 26.9. The predicted molar refractivity (Wildman–Crippen MR) is 153 cm³/mol. The van der Waals surface area contributed by atoms with Crippen molar-refractivity contribution in [3.63, 3.8) is 0 Å². The summed E-state index contributed by atoms with van der Waals surface area (Å²) in [5.41, 5.74) is 3.90. The quantitative estimate of drug-likeness (QED) is 0.227. The summed E-state index contributed by atoms with van der Waals surface area (Å²) in [5.74, 6) is -0.0759. The van der Waals surface area contributed by atoms with Crippen molar-refractivity contribution < 1.29 is 14.3 Å². The molecule has 5 aromatic rings. The summed E-state index contributed by atoms with van der Waals surface area (Å²) in [6.45, 7) is 4.49. The number of carboxylic acids is 1. The Labute approximate surface area is 226 Å². The highest BCUT2D eigenvalue weighted by Crippen LogP contribution is 2.35. The first-order valence-corrected chi connectivity index (χ1v) is 13.4. The summed E-state index contributed by atoms with van der Waals surface area (Å²) < 4.78 is 14.3. The number of hydrogen-bond donors (Lipinski definition) is 3. The minimum absolute atomic E-state index is 0.101. The Kier molecular flexibility index (Phi) is 6.75. The van der Waals surface area contributed by atoms with Crippen LogP contribution in [0.4, 0.5) is 10.3 Å². The highest BCUT2D eigenvalue weighted by atomic mass is 19.1. The number of rotatable bonds is 7. The normalized spacial score (nSPS) is 18.5. The van der Waals surface area contributed by atoms with Crippen molar-refractivity contribution in [2.75, 3.05) is 24.5 Å². The molecule has 0 spiro atoms. The Morgan fingerprint density at radius 1 is 1.10 bits per heavy atom. The fourth-order valence-electron chi connectivity index (χ4n) is 5.90. The van der Waals surface area contributed by atoms with Gasteiger partial charge in [0.05, 0.1) is 16.6 Å². The van der Waals surface area contributed by atoms with Gasteiger partial charge in [0.2, 0.25) is 5.95 Å². The number of imidazole rings is 1. The second-order valence-electron chi connectivity index (χ2n) is 10.5. The molecular formula is C32H31FN4O2. The van der Waals surface area contributed by atoms with Gasteiger partial charge in [0, 0.05) is 25.0 Å². The van der Waals surface area contributed by atoms with E-state index in [4.69, 9.17) is 4.98 Å². The first-order chi connectivity index (χ1) is 19.0. The van der Waals surface area contributed by atoms with E-state index in [1.54, 1.807) is 30.3 Å². The molecule has 7 heteroatoms. The van der Waals surface area contributed by atoms with Crippen molar-refractivity contribution in [2.45, 2.75) is 25.3 Å². The van der Waals surface area contributed by atoms with Crippen LogP contribution in [0.2, 0.25) is 0 Å². The van der Waals surface area contributed by atoms with Crippen LogP contribution < -0.4 is 10.2 Å². The van der Waals surface area contributed by atoms with Gasteiger partial charge >= 0.3 is 5.97 Å². The van der Waals surface area contributed by atoms with E-state index in [9.17, 15) is 14.3 Å². The summed E-state index contributed by atoms with van der Waals surface area (Å²) >= 11 is 0. The molecule has 6 nitrogen and oxygen atoms in total. The molecule has 198 valence electrons. The van der Waals surface area contributed by atoms with Gasteiger partial charge in [0.1, 0.15) is 5.82 Å². The number of fused-ring (bicyclic) bond motifs is 2. The van der Waals surface area contributed by atoms with E-state index in [1.165, 1.54) is 22.4 Å². The maximum Gasteiger partial charge on any atom is 0.335 e. The number of halogens is 1. The molecule has 0 radical (unpaired) electrons. The molecule has 0 amide bonds. The van der Waals surface area contributed by atoms with Gasteiger partial charge in [-0.2, -0.15) is 0 Å². The highest BCUT2D eigenvalue weighted by Gasteiger charge is 2.32. The van der Waals surface area contributed by atoms with Crippen LogP contribution >= 0.6 is 0 Å². The van der Waals surface area contributed by atoms with Crippen molar-refractivity contribution in [3.8, 4) is 0 Å². The molecule has 3 N–H and O–H groups in total. The topological polar surface area (TPSA) is 81.2 Å². The number of nitrogens with zero attached hydrogens (tertiary/aromatic N) is 2. The number of aromatic carboxylic acids is 1. The molecule has 1 aromatic heterocycles. The van der Waals surface area contributed by atoms with E-state index in [2.05, 4.69) is 64.6 Å². The molecule has 0 bridgehead atoms. The van der Waals surface area contributed by atoms with Crippen molar-refractivity contribution in [3.05, 3.63) is 107 Å². The van der Waals surface area contributed by atoms with Gasteiger partial charge in [-0.3, -0.25) is 0 Å². The first kappa shape index (κ1) is 25.1. The zero-order valence-electron chi connectivity index (χ0n) is 21.8. The van der Waals surface area contributed by atoms with Crippen LogP contribution in [-0.2, 0) is 0 Å². The van der Waals surface area contributed by atoms with Gasteiger partial charge < -0.3 is 20.3 Å². The molecule has 39 heavy (non-hydrogen) atoms. The number of H-pyrrole nitrogens is 1. The molecule has 1 aliphatic heterocycles. The lowest BCUT2D eigenvalue weighted by molar-refractivity contribution is 0.0697. The third kappa shape index (κ3) is 5.10. The monoisotopic (exact) mass is 522 g/mol. The minimum Gasteiger partial charge on any atom is -0.478 e. The molecule has 2 heterocycles. The fourth-order valence-corrected chi connectivity index (χ4v) is 5.90. The maximum atomic E-state index is 14.3. The smallest absolute Gasteiger partial charge is 0.335 e. The molecule has 0 aliphatic carbocycles. The van der Waals surface area contributed by atoms with Crippen LogP contribution in [0.5, 0.6) is 0 Å². The fraction of sp³-hybridized carbons (Fsp3) is 0.250. The van der Waals surface area contributed by atoms with Gasteiger partial charge in [0.25, 0.3) is 0 Å². The Bertz CT molecular complexity index is 1640. The van der Waals surface area contributed by atoms with Gasteiger partial charge in [-0.05, 0) is 78.0 Å². The molecule has 2 unspecified atom stereocenters. The molecule has 4 aromatic carbocycles. The molecule has 1 fully saturated rings. The van der Waals surface area contributed by atoms with Gasteiger partial charge in [0.15, 0.2) is 0 Å². The summed E-state index contributed by atoms with van der Waals surface area (Å²) in [6, 6.07) is 26.9. The Balaban J connectivity index is 1.24. The second kappa shape index (κ2) is 10.5. The summed E-state index contributed by atoms with van der Waals surface area (Å²) in [4.78, 5) is 21.6. The molecule has 0 saturated carbocycles. The number of benzene rings is 4. The van der Waals surface area contributed by atoms with Gasteiger partial charge in [-0.25, -0.2) is 14.2 Å². The van der Waals surface area contributed by atoms with Crippen molar-refractivity contribution in [2.24, 2.45) is 5.92 Å². The lowest BCUT2D eigenvalue weighted by Gasteiger charge is -2.39. The van der Waals surface area contributed by atoms with E-state index in [0.717, 1.165) is 30.6 Å². The SMILES string of the molecule is C[C@@H](NCC1CCN(c2nc3ccc(C(=O)O)cc3[nH]2)CC1c1cccc(F)c1)c1cccc2ccccc12. The predicted octanol–water partition coefficient (Wildman–Crippen LogP) is 6.51. The Hall–Kier alpha value is -4.23. The number of piperidine rings is 1. The minimum atomic E-state index is -0.967. The van der Waals surface area contributed by atoms with Gasteiger partial charge in [-0.1, -0.05) is 54.6 Å². The standard InChI is InChI=1S/C32H31FN4O2/c1-20(26-11-5-7-21-6-2-3-10-27(21)26)34-18-24-14-15-37(19-28(24)22-8-4-9-25(33)16-22)32-35-29-13-12-23(31(38)39)17-30(29)36-32/h2-13,16-17,20,24,28,34H,14-15,18-19H2,1H3,(H,35,36)(H,38,39)/t20-,24?,28?/m1/s1. The number of nitrogens with one attached hydrogen (secondary N) is 2. The number of hydrogen-bond acceptors (Lipinski definition) is 4. The van der Waals surface area contributed by atoms with E-state index >= 15 is 0 Å². The maximum absolute atomic E-state index is 14.3. The van der Waals surface area contributed by atoms with Crippen LogP contribution in [0, 0.1) is 11.7 Å². The molecule has 1 aliphatic rings. The third-order valence-corrected chi connectivity index (χ3v) is 8.02. The lowest BCUT2D eigenvalue weighted by atomic mass is 9.80. The summed E-state index contributed by atoms with van der Waals surface area (Å²) in [6.07, 6.45) is 0.911. The number of anilines is 1. The first-order valence-electron chi connectivity index (χ1n) is 13.4. The van der Waals surface area contributed by atoms with Crippen molar-refractivity contribution >= 4 is 33.7 Å². The molecular weight excluding hydrogens is 491 g/mol. The Morgan fingerprint density at radius 3 is 2.77 bits per heavy atom. The van der Waals surface area contributed by atoms with Crippen molar-refractivity contribution in [1.29, 1.82) is 0 Å². The average Bonchev–Trinajstić information content (AvgIpc) is 3.39. The largest absolute Gasteiger partial charge is 0.478 e. The second-order valence-corrected chi connectivity index (χ2v) is 10.5. The summed E-state index contributed by atoms with van der Waals surface area (Å²) in [5, 5.41) is 15.6. The van der Waals surface area contributed by atoms with Crippen LogP contribution in [0.15, 0.2) is 84.9 Å². The van der Waals surface area contributed by atoms with E-state index < -0.39 is 5.97 Å². The lowest BCUT2D eigenvalue weighted by Crippen LogP contribution is -2.43.